The van der Waals surface area contributed by atoms with E-state index in [0.29, 0.717) is 38.6 Å². The highest BCUT2D eigenvalue weighted by molar-refractivity contribution is 5.80. The molecule has 0 radical (unpaired) electrons. The Balaban J connectivity index is 1.53. The Hall–Kier alpha value is -2.63. The largest absolute Gasteiger partial charge is 0.469 e. The maximum Gasteiger partial charge on any atom is 0.220 e. The fourth-order valence-corrected chi connectivity index (χ4v) is 3.17. The average molecular weight is 344 g/mol. The normalized spacial score (nSPS) is 19.6. The monoisotopic (exact) mass is 344 g/mol. The van der Waals surface area contributed by atoms with Crippen LogP contribution in [0.15, 0.2) is 47.1 Å². The zero-order valence-corrected chi connectivity index (χ0v) is 13.9. The number of amides is 2. The summed E-state index contributed by atoms with van der Waals surface area (Å²) in [5.41, 5.74) is 0.413. The van der Waals surface area contributed by atoms with Gasteiger partial charge in [0.2, 0.25) is 11.8 Å². The molecule has 0 spiro atoms. The molecule has 2 aromatic rings. The van der Waals surface area contributed by atoms with Gasteiger partial charge in [0.05, 0.1) is 6.26 Å². The van der Waals surface area contributed by atoms with Crippen LogP contribution < -0.4 is 10.6 Å². The van der Waals surface area contributed by atoms with Gasteiger partial charge in [-0.05, 0) is 42.7 Å². The quantitative estimate of drug-likeness (QED) is 0.811. The fraction of sp³-hybridized carbons (Fsp3) is 0.368. The molecule has 2 heterocycles. The van der Waals surface area contributed by atoms with Crippen molar-refractivity contribution >= 4 is 11.8 Å². The van der Waals surface area contributed by atoms with Gasteiger partial charge in [0.1, 0.15) is 11.6 Å². The van der Waals surface area contributed by atoms with Crippen LogP contribution in [-0.2, 0) is 22.6 Å². The van der Waals surface area contributed by atoms with Crippen LogP contribution in [0.1, 0.15) is 37.0 Å². The zero-order valence-electron chi connectivity index (χ0n) is 13.9. The van der Waals surface area contributed by atoms with E-state index in [1.807, 2.05) is 12.1 Å². The summed E-state index contributed by atoms with van der Waals surface area (Å²) in [6.07, 6.45) is 4.21. The Morgan fingerprint density at radius 1 is 1.28 bits per heavy atom. The van der Waals surface area contributed by atoms with E-state index in [9.17, 15) is 14.0 Å². The first kappa shape index (κ1) is 17.2. The van der Waals surface area contributed by atoms with Gasteiger partial charge in [-0.3, -0.25) is 9.59 Å². The molecular weight excluding hydrogens is 323 g/mol. The molecule has 132 valence electrons. The predicted molar refractivity (Wildman–Crippen MR) is 90.0 cm³/mol. The maximum absolute atomic E-state index is 12.9. The Labute approximate surface area is 145 Å². The third kappa shape index (κ3) is 4.68. The second-order valence-electron chi connectivity index (χ2n) is 6.49. The first-order valence-electron chi connectivity index (χ1n) is 8.39. The van der Waals surface area contributed by atoms with Gasteiger partial charge in [0.15, 0.2) is 0 Å². The lowest BCUT2D eigenvalue weighted by molar-refractivity contribution is -0.122. The van der Waals surface area contributed by atoms with E-state index in [0.717, 1.165) is 11.3 Å². The van der Waals surface area contributed by atoms with Crippen molar-refractivity contribution in [1.82, 2.24) is 10.6 Å². The Kier molecular flexibility index (Phi) is 5.16. The number of hydrogen-bond acceptors (Lipinski definition) is 3. The highest BCUT2D eigenvalue weighted by Gasteiger charge is 2.38. The minimum absolute atomic E-state index is 0.0123. The first-order chi connectivity index (χ1) is 12.0. The smallest absolute Gasteiger partial charge is 0.220 e. The third-order valence-corrected chi connectivity index (χ3v) is 4.56. The van der Waals surface area contributed by atoms with Gasteiger partial charge in [0, 0.05) is 31.3 Å². The molecule has 1 aliphatic heterocycles. The second kappa shape index (κ2) is 7.51. The first-order valence-corrected chi connectivity index (χ1v) is 8.39. The number of furan rings is 1. The molecule has 0 saturated carbocycles. The van der Waals surface area contributed by atoms with Gasteiger partial charge >= 0.3 is 0 Å². The molecule has 1 aromatic heterocycles. The molecule has 5 nitrogen and oxygen atoms in total. The topological polar surface area (TPSA) is 71.3 Å². The second-order valence-corrected chi connectivity index (χ2v) is 6.49. The van der Waals surface area contributed by atoms with E-state index < -0.39 is 5.54 Å². The minimum Gasteiger partial charge on any atom is -0.469 e. The molecule has 1 saturated heterocycles. The van der Waals surface area contributed by atoms with E-state index in [2.05, 4.69) is 10.6 Å². The lowest BCUT2D eigenvalue weighted by Crippen LogP contribution is -2.44. The van der Waals surface area contributed by atoms with Crippen molar-refractivity contribution in [2.75, 3.05) is 0 Å². The maximum atomic E-state index is 12.9. The number of nitrogens with one attached hydrogen (secondary N) is 2. The van der Waals surface area contributed by atoms with Crippen LogP contribution in [0.4, 0.5) is 4.39 Å². The lowest BCUT2D eigenvalue weighted by atomic mass is 9.87. The number of benzene rings is 1. The standard InChI is InChI=1S/C19H21FN2O3/c20-15-5-3-14(4-6-15)13-21-17(23)7-9-19(10-8-18(24)22-19)12-16-2-1-11-25-16/h1-6,11H,7-10,12-13H2,(H,21,23)(H,22,24)/t19-/m0/s1. The van der Waals surface area contributed by atoms with Crippen molar-refractivity contribution in [3.8, 4) is 0 Å². The SMILES string of the molecule is O=C(CC[C@@]1(Cc2ccco2)CCC(=O)N1)NCc1ccc(F)cc1. The predicted octanol–water partition coefficient (Wildman–Crippen LogP) is 2.71. The highest BCUT2D eigenvalue weighted by atomic mass is 19.1. The molecule has 1 fully saturated rings. The summed E-state index contributed by atoms with van der Waals surface area (Å²) in [6, 6.07) is 9.72. The van der Waals surface area contributed by atoms with E-state index in [1.54, 1.807) is 18.4 Å². The molecule has 0 aliphatic carbocycles. The van der Waals surface area contributed by atoms with E-state index in [1.165, 1.54) is 12.1 Å². The summed E-state index contributed by atoms with van der Waals surface area (Å²) >= 11 is 0. The Morgan fingerprint density at radius 3 is 2.72 bits per heavy atom. The molecule has 3 rings (SSSR count). The van der Waals surface area contributed by atoms with Crippen LogP contribution in [0.25, 0.3) is 0 Å². The number of rotatable bonds is 7. The summed E-state index contributed by atoms with van der Waals surface area (Å²) in [6.45, 7) is 0.358. The zero-order chi connectivity index (χ0) is 17.7. The lowest BCUT2D eigenvalue weighted by Gasteiger charge is -2.28. The van der Waals surface area contributed by atoms with Gasteiger partial charge in [-0.15, -0.1) is 0 Å². The highest BCUT2D eigenvalue weighted by Crippen LogP contribution is 2.29. The number of hydrogen-bond donors (Lipinski definition) is 2. The summed E-state index contributed by atoms with van der Waals surface area (Å²) in [7, 11) is 0. The van der Waals surface area contributed by atoms with Crippen LogP contribution in [-0.4, -0.2) is 17.4 Å². The average Bonchev–Trinajstić information content (AvgIpc) is 3.23. The molecule has 1 aromatic carbocycles. The van der Waals surface area contributed by atoms with Crippen molar-refractivity contribution in [3.63, 3.8) is 0 Å². The van der Waals surface area contributed by atoms with E-state index >= 15 is 0 Å². The molecule has 1 aliphatic rings. The molecule has 0 bridgehead atoms. The minimum atomic E-state index is -0.428. The van der Waals surface area contributed by atoms with Crippen molar-refractivity contribution in [3.05, 3.63) is 59.8 Å². The number of halogens is 1. The Morgan fingerprint density at radius 2 is 2.08 bits per heavy atom. The number of carbonyl (C=O) groups excluding carboxylic acids is 2. The van der Waals surface area contributed by atoms with E-state index in [4.69, 9.17) is 4.42 Å². The van der Waals surface area contributed by atoms with Crippen LogP contribution in [0, 0.1) is 5.82 Å². The fourth-order valence-electron chi connectivity index (χ4n) is 3.17. The molecule has 2 N–H and O–H groups in total. The molecule has 1 atom stereocenters. The van der Waals surface area contributed by atoms with Crippen LogP contribution in [0.3, 0.4) is 0 Å². The van der Waals surface area contributed by atoms with Crippen LogP contribution in [0.2, 0.25) is 0 Å². The molecule has 0 unspecified atom stereocenters. The summed E-state index contributed by atoms with van der Waals surface area (Å²) < 4.78 is 18.3. The summed E-state index contributed by atoms with van der Waals surface area (Å²) in [5.74, 6) is 0.420. The summed E-state index contributed by atoms with van der Waals surface area (Å²) in [5, 5.41) is 5.85. The molecule has 25 heavy (non-hydrogen) atoms. The van der Waals surface area contributed by atoms with Gasteiger partial charge < -0.3 is 15.1 Å². The van der Waals surface area contributed by atoms with E-state index in [-0.39, 0.29) is 17.6 Å². The molecular formula is C19H21FN2O3. The van der Waals surface area contributed by atoms with Crippen LogP contribution >= 0.6 is 0 Å². The van der Waals surface area contributed by atoms with Crippen molar-refractivity contribution in [2.24, 2.45) is 0 Å². The molecule has 2 amide bonds. The third-order valence-electron chi connectivity index (χ3n) is 4.56. The van der Waals surface area contributed by atoms with Gasteiger partial charge in [-0.1, -0.05) is 12.1 Å². The summed E-state index contributed by atoms with van der Waals surface area (Å²) in [4.78, 5) is 23.8. The van der Waals surface area contributed by atoms with Crippen molar-refractivity contribution in [2.45, 2.75) is 44.2 Å². The van der Waals surface area contributed by atoms with Gasteiger partial charge in [-0.25, -0.2) is 4.39 Å². The van der Waals surface area contributed by atoms with Crippen LogP contribution in [0.5, 0.6) is 0 Å². The number of carbonyl (C=O) groups is 2. The van der Waals surface area contributed by atoms with Gasteiger partial charge in [-0.2, -0.15) is 0 Å². The van der Waals surface area contributed by atoms with Crippen molar-refractivity contribution < 1.29 is 18.4 Å². The van der Waals surface area contributed by atoms with Gasteiger partial charge in [0.25, 0.3) is 0 Å². The Bertz CT molecular complexity index is 728. The van der Waals surface area contributed by atoms with Crippen molar-refractivity contribution in [1.29, 1.82) is 0 Å². The molecule has 6 heteroatoms.